The highest BCUT2D eigenvalue weighted by Crippen LogP contribution is 2.23. The number of hydrogen-bond acceptors (Lipinski definition) is 10. The average Bonchev–Trinajstić information content (AvgIpc) is 2.89. The van der Waals surface area contributed by atoms with E-state index in [4.69, 9.17) is 24.7 Å². The lowest BCUT2D eigenvalue weighted by molar-refractivity contribution is 0.0547. The highest BCUT2D eigenvalue weighted by Gasteiger charge is 2.10. The van der Waals surface area contributed by atoms with E-state index in [0.29, 0.717) is 75.3 Å². The highest BCUT2D eigenvalue weighted by atomic mass is 16.5. The summed E-state index contributed by atoms with van der Waals surface area (Å²) in [4.78, 5) is 13.8. The van der Waals surface area contributed by atoms with E-state index in [-0.39, 0.29) is 0 Å². The molecule has 0 atom stereocenters. The smallest absolute Gasteiger partial charge is 0.228 e. The molecule has 3 rings (SSSR count). The monoisotopic (exact) mass is 482 g/mol. The molecule has 0 saturated carbocycles. The maximum atomic E-state index is 5.57. The van der Waals surface area contributed by atoms with Gasteiger partial charge in [0.25, 0.3) is 0 Å². The fourth-order valence-corrected chi connectivity index (χ4v) is 3.16. The number of hydrogen-bond donors (Lipinski definition) is 3. The van der Waals surface area contributed by atoms with E-state index in [9.17, 15) is 0 Å². The molecule has 0 unspecified atom stereocenters. The van der Waals surface area contributed by atoms with Crippen molar-refractivity contribution in [2.75, 3.05) is 64.4 Å². The van der Waals surface area contributed by atoms with Gasteiger partial charge in [0.1, 0.15) is 11.5 Å². The van der Waals surface area contributed by atoms with Crippen molar-refractivity contribution in [3.05, 3.63) is 53.6 Å². The molecule has 0 spiro atoms. The normalized spacial score (nSPS) is 10.7. The largest absolute Gasteiger partial charge is 0.497 e. The molecular formula is C25H34N6O4. The number of aryl methyl sites for hydroxylation is 1. The van der Waals surface area contributed by atoms with E-state index in [2.05, 4.69) is 25.6 Å². The van der Waals surface area contributed by atoms with E-state index < -0.39 is 0 Å². The minimum absolute atomic E-state index is 0.455. The van der Waals surface area contributed by atoms with E-state index >= 15 is 0 Å². The number of methoxy groups -OCH3 is 2. The molecule has 0 bridgehead atoms. The standard InChI is InChI=1S/C25H34N6O4/c1-18-4-6-20(7-5-18)23-29-24(27-9-11-35-13-12-34-10-8-26)31-25(30-23)28-17-19-14-21(32-2)16-22(15-19)33-3/h4-7,14-16H,8-13,17,26H2,1-3H3,(H2,27,28,29,30,31). The molecule has 0 aliphatic rings. The zero-order valence-corrected chi connectivity index (χ0v) is 20.5. The van der Waals surface area contributed by atoms with Crippen LogP contribution in [0.1, 0.15) is 11.1 Å². The lowest BCUT2D eigenvalue weighted by Gasteiger charge is -2.12. The SMILES string of the molecule is COc1cc(CNc2nc(NCCOCCOCCN)nc(-c3ccc(C)cc3)n2)cc(OC)c1. The average molecular weight is 483 g/mol. The summed E-state index contributed by atoms with van der Waals surface area (Å²) in [5, 5.41) is 6.50. The molecule has 10 heteroatoms. The number of ether oxygens (including phenoxy) is 4. The van der Waals surface area contributed by atoms with Crippen molar-refractivity contribution in [1.29, 1.82) is 0 Å². The van der Waals surface area contributed by atoms with Crippen LogP contribution in [-0.2, 0) is 16.0 Å². The van der Waals surface area contributed by atoms with Crippen LogP contribution in [0.3, 0.4) is 0 Å². The van der Waals surface area contributed by atoms with Gasteiger partial charge in [-0.3, -0.25) is 0 Å². The van der Waals surface area contributed by atoms with Crippen LogP contribution in [0.2, 0.25) is 0 Å². The zero-order chi connectivity index (χ0) is 24.9. The van der Waals surface area contributed by atoms with Gasteiger partial charge in [-0.05, 0) is 24.6 Å². The Hall–Kier alpha value is -3.47. The van der Waals surface area contributed by atoms with Gasteiger partial charge in [0.2, 0.25) is 11.9 Å². The zero-order valence-electron chi connectivity index (χ0n) is 20.5. The van der Waals surface area contributed by atoms with Crippen molar-refractivity contribution in [1.82, 2.24) is 15.0 Å². The molecule has 0 saturated heterocycles. The molecule has 2 aromatic carbocycles. The van der Waals surface area contributed by atoms with Gasteiger partial charge in [0.15, 0.2) is 5.82 Å². The molecule has 1 heterocycles. The molecule has 0 aliphatic heterocycles. The second-order valence-corrected chi connectivity index (χ2v) is 7.69. The summed E-state index contributed by atoms with van der Waals surface area (Å²) in [6.07, 6.45) is 0. The van der Waals surface area contributed by atoms with E-state index in [1.807, 2.05) is 49.4 Å². The van der Waals surface area contributed by atoms with Gasteiger partial charge in [-0.1, -0.05) is 29.8 Å². The Morgan fingerprint density at radius 3 is 2.03 bits per heavy atom. The van der Waals surface area contributed by atoms with Crippen LogP contribution in [0.15, 0.2) is 42.5 Å². The van der Waals surface area contributed by atoms with Crippen LogP contribution in [0.25, 0.3) is 11.4 Å². The minimum atomic E-state index is 0.455. The van der Waals surface area contributed by atoms with Crippen molar-refractivity contribution in [3.8, 4) is 22.9 Å². The van der Waals surface area contributed by atoms with Gasteiger partial charge in [-0.2, -0.15) is 15.0 Å². The third-order valence-electron chi connectivity index (χ3n) is 4.97. The fraction of sp³-hybridized carbons (Fsp3) is 0.400. The topological polar surface area (TPSA) is 126 Å². The van der Waals surface area contributed by atoms with Crippen LogP contribution < -0.4 is 25.8 Å². The number of nitrogens with two attached hydrogens (primary N) is 1. The second kappa shape index (κ2) is 14.1. The first-order valence-corrected chi connectivity index (χ1v) is 11.5. The molecule has 4 N–H and O–H groups in total. The van der Waals surface area contributed by atoms with Crippen LogP contribution in [-0.4, -0.2) is 68.7 Å². The van der Waals surface area contributed by atoms with Crippen molar-refractivity contribution in [3.63, 3.8) is 0 Å². The molecule has 0 aliphatic carbocycles. The third-order valence-corrected chi connectivity index (χ3v) is 4.97. The summed E-state index contributed by atoms with van der Waals surface area (Å²) in [7, 11) is 3.25. The van der Waals surface area contributed by atoms with Gasteiger partial charge < -0.3 is 35.3 Å². The van der Waals surface area contributed by atoms with Crippen LogP contribution >= 0.6 is 0 Å². The first kappa shape index (κ1) is 26.1. The number of nitrogens with zero attached hydrogens (tertiary/aromatic N) is 3. The van der Waals surface area contributed by atoms with Crippen molar-refractivity contribution < 1.29 is 18.9 Å². The van der Waals surface area contributed by atoms with Gasteiger partial charge in [0.05, 0.1) is 40.6 Å². The number of benzene rings is 2. The molecule has 3 aromatic rings. The van der Waals surface area contributed by atoms with Crippen LogP contribution in [0.5, 0.6) is 11.5 Å². The third kappa shape index (κ3) is 8.67. The minimum Gasteiger partial charge on any atom is -0.497 e. The first-order chi connectivity index (χ1) is 17.1. The second-order valence-electron chi connectivity index (χ2n) is 7.69. The van der Waals surface area contributed by atoms with Crippen molar-refractivity contribution in [2.45, 2.75) is 13.5 Å². The van der Waals surface area contributed by atoms with Gasteiger partial charge in [-0.25, -0.2) is 0 Å². The Labute approximate surface area is 206 Å². The Balaban J connectivity index is 1.69. The molecule has 35 heavy (non-hydrogen) atoms. The van der Waals surface area contributed by atoms with Gasteiger partial charge >= 0.3 is 0 Å². The summed E-state index contributed by atoms with van der Waals surface area (Å²) in [5.74, 6) is 2.92. The molecule has 0 radical (unpaired) electrons. The maximum Gasteiger partial charge on any atom is 0.228 e. The summed E-state index contributed by atoms with van der Waals surface area (Å²) in [5.41, 5.74) is 8.44. The number of anilines is 2. The quantitative estimate of drug-likeness (QED) is 0.278. The molecular weight excluding hydrogens is 448 g/mol. The Bertz CT molecular complexity index is 1030. The molecule has 0 amide bonds. The van der Waals surface area contributed by atoms with Crippen LogP contribution in [0.4, 0.5) is 11.9 Å². The Morgan fingerprint density at radius 1 is 0.771 bits per heavy atom. The van der Waals surface area contributed by atoms with E-state index in [1.165, 1.54) is 5.56 Å². The van der Waals surface area contributed by atoms with Crippen molar-refractivity contribution in [2.24, 2.45) is 5.73 Å². The Morgan fingerprint density at radius 2 is 1.40 bits per heavy atom. The first-order valence-electron chi connectivity index (χ1n) is 11.5. The molecule has 10 nitrogen and oxygen atoms in total. The molecule has 0 fully saturated rings. The van der Waals surface area contributed by atoms with Crippen molar-refractivity contribution >= 4 is 11.9 Å². The maximum absolute atomic E-state index is 5.57. The van der Waals surface area contributed by atoms with Gasteiger partial charge in [0, 0.05) is 31.3 Å². The number of aromatic nitrogens is 3. The van der Waals surface area contributed by atoms with E-state index in [0.717, 1.165) is 11.1 Å². The molecule has 188 valence electrons. The van der Waals surface area contributed by atoms with Gasteiger partial charge in [-0.15, -0.1) is 0 Å². The predicted octanol–water partition coefficient (Wildman–Crippen LogP) is 2.88. The van der Waals surface area contributed by atoms with Crippen LogP contribution in [0, 0.1) is 6.92 Å². The lowest BCUT2D eigenvalue weighted by atomic mass is 10.1. The summed E-state index contributed by atoms with van der Waals surface area (Å²) in [6.45, 7) is 5.62. The van der Waals surface area contributed by atoms with E-state index in [1.54, 1.807) is 14.2 Å². The highest BCUT2D eigenvalue weighted by molar-refractivity contribution is 5.58. The predicted molar refractivity (Wildman–Crippen MR) is 136 cm³/mol. The summed E-state index contributed by atoms with van der Waals surface area (Å²) >= 11 is 0. The summed E-state index contributed by atoms with van der Waals surface area (Å²) in [6, 6.07) is 13.8. The lowest BCUT2D eigenvalue weighted by Crippen LogP contribution is -2.16. The molecule has 1 aromatic heterocycles. The number of rotatable bonds is 15. The fourth-order valence-electron chi connectivity index (χ4n) is 3.16. The Kier molecular flexibility index (Phi) is 10.5. The summed E-state index contributed by atoms with van der Waals surface area (Å²) < 4.78 is 21.6. The number of nitrogens with one attached hydrogen (secondary N) is 2.